The minimum absolute atomic E-state index is 0.169. The molecule has 0 radical (unpaired) electrons. The Labute approximate surface area is 147 Å². The Morgan fingerprint density at radius 1 is 1.16 bits per heavy atom. The minimum Gasteiger partial charge on any atom is -0.348 e. The van der Waals surface area contributed by atoms with E-state index in [-0.39, 0.29) is 11.8 Å². The van der Waals surface area contributed by atoms with Crippen LogP contribution < -0.4 is 5.32 Å². The average Bonchev–Trinajstić information content (AvgIpc) is 3.05. The van der Waals surface area contributed by atoms with Crippen molar-refractivity contribution in [2.75, 3.05) is 6.54 Å². The summed E-state index contributed by atoms with van der Waals surface area (Å²) in [6.45, 7) is 1.85. The maximum absolute atomic E-state index is 12.0. The van der Waals surface area contributed by atoms with E-state index in [1.54, 1.807) is 12.3 Å². The molecular formula is C20H21N3O2. The third kappa shape index (κ3) is 4.76. The lowest BCUT2D eigenvalue weighted by Crippen LogP contribution is -2.26. The van der Waals surface area contributed by atoms with E-state index >= 15 is 0 Å². The van der Waals surface area contributed by atoms with Crippen LogP contribution in [0.15, 0.2) is 54.7 Å². The fraction of sp³-hybridized carbons (Fsp3) is 0.250. The van der Waals surface area contributed by atoms with Crippen molar-refractivity contribution in [3.63, 3.8) is 0 Å². The third-order valence-corrected chi connectivity index (χ3v) is 4.20. The van der Waals surface area contributed by atoms with Crippen molar-refractivity contribution in [3.05, 3.63) is 71.6 Å². The van der Waals surface area contributed by atoms with Gasteiger partial charge in [0.25, 0.3) is 0 Å². The first-order valence-corrected chi connectivity index (χ1v) is 8.44. The molecule has 0 saturated carbocycles. The standard InChI is InChI=1S/C20H21N3O2/c24-19(11-10-18-8-3-4-12-21-18)22-14-16-6-1-2-7-17(16)15-23-13-5-9-20(23)25/h1-4,6-8,10-12H,5,9,13-15H2,(H,22,24)/b11-10+. The second kappa shape index (κ2) is 8.24. The van der Waals surface area contributed by atoms with E-state index in [0.717, 1.165) is 29.8 Å². The summed E-state index contributed by atoms with van der Waals surface area (Å²) < 4.78 is 0. The molecule has 1 aromatic heterocycles. The number of carbonyl (C=O) groups excluding carboxylic acids is 2. The van der Waals surface area contributed by atoms with E-state index in [4.69, 9.17) is 0 Å². The van der Waals surface area contributed by atoms with Gasteiger partial charge < -0.3 is 10.2 Å². The largest absolute Gasteiger partial charge is 0.348 e. The highest BCUT2D eigenvalue weighted by Crippen LogP contribution is 2.17. The van der Waals surface area contributed by atoms with Crippen molar-refractivity contribution >= 4 is 17.9 Å². The van der Waals surface area contributed by atoms with E-state index in [9.17, 15) is 9.59 Å². The maximum Gasteiger partial charge on any atom is 0.244 e. The SMILES string of the molecule is O=C(/C=C/c1ccccn1)NCc1ccccc1CN1CCCC1=O. The Morgan fingerprint density at radius 2 is 1.96 bits per heavy atom. The van der Waals surface area contributed by atoms with Gasteiger partial charge >= 0.3 is 0 Å². The molecule has 0 aliphatic carbocycles. The predicted octanol–water partition coefficient (Wildman–Crippen LogP) is 2.53. The monoisotopic (exact) mass is 335 g/mol. The number of rotatable bonds is 6. The van der Waals surface area contributed by atoms with Gasteiger partial charge in [0.2, 0.25) is 11.8 Å². The zero-order valence-corrected chi connectivity index (χ0v) is 14.0. The molecule has 1 saturated heterocycles. The van der Waals surface area contributed by atoms with Crippen molar-refractivity contribution in [1.82, 2.24) is 15.2 Å². The summed E-state index contributed by atoms with van der Waals surface area (Å²) in [5, 5.41) is 2.89. The second-order valence-corrected chi connectivity index (χ2v) is 5.99. The van der Waals surface area contributed by atoms with E-state index in [1.165, 1.54) is 6.08 Å². The molecule has 25 heavy (non-hydrogen) atoms. The summed E-state index contributed by atoms with van der Waals surface area (Å²) in [6, 6.07) is 13.4. The van der Waals surface area contributed by atoms with E-state index in [0.29, 0.717) is 19.5 Å². The van der Waals surface area contributed by atoms with Crippen molar-refractivity contribution in [2.24, 2.45) is 0 Å². The molecule has 5 heteroatoms. The Kier molecular flexibility index (Phi) is 5.57. The molecule has 3 rings (SSSR count). The number of hydrogen-bond donors (Lipinski definition) is 1. The Hall–Kier alpha value is -2.95. The van der Waals surface area contributed by atoms with Crippen LogP contribution in [-0.2, 0) is 22.7 Å². The molecule has 0 unspecified atom stereocenters. The van der Waals surface area contributed by atoms with Crippen molar-refractivity contribution < 1.29 is 9.59 Å². The van der Waals surface area contributed by atoms with Crippen LogP contribution in [0.5, 0.6) is 0 Å². The van der Waals surface area contributed by atoms with Crippen LogP contribution in [0, 0.1) is 0 Å². The molecule has 1 fully saturated rings. The number of nitrogens with one attached hydrogen (secondary N) is 1. The van der Waals surface area contributed by atoms with Crippen molar-refractivity contribution in [1.29, 1.82) is 0 Å². The van der Waals surface area contributed by atoms with Crippen LogP contribution in [0.25, 0.3) is 6.08 Å². The normalized spacial score (nSPS) is 14.2. The molecule has 128 valence electrons. The van der Waals surface area contributed by atoms with Gasteiger partial charge in [0.15, 0.2) is 0 Å². The number of benzene rings is 1. The summed E-state index contributed by atoms with van der Waals surface area (Å²) in [5.41, 5.74) is 2.85. The van der Waals surface area contributed by atoms with Crippen molar-refractivity contribution in [2.45, 2.75) is 25.9 Å². The fourth-order valence-corrected chi connectivity index (χ4v) is 2.84. The van der Waals surface area contributed by atoms with Crippen LogP contribution in [0.4, 0.5) is 0 Å². The number of likely N-dealkylation sites (tertiary alicyclic amines) is 1. The zero-order valence-electron chi connectivity index (χ0n) is 14.0. The first-order valence-electron chi connectivity index (χ1n) is 8.44. The van der Waals surface area contributed by atoms with E-state index in [1.807, 2.05) is 47.4 Å². The van der Waals surface area contributed by atoms with Crippen LogP contribution in [-0.4, -0.2) is 28.2 Å². The molecule has 0 spiro atoms. The molecule has 1 aliphatic rings. The Morgan fingerprint density at radius 3 is 2.68 bits per heavy atom. The molecule has 2 amide bonds. The zero-order chi connectivity index (χ0) is 17.5. The molecule has 2 heterocycles. The third-order valence-electron chi connectivity index (χ3n) is 4.20. The van der Waals surface area contributed by atoms with E-state index in [2.05, 4.69) is 10.3 Å². The second-order valence-electron chi connectivity index (χ2n) is 5.99. The molecular weight excluding hydrogens is 314 g/mol. The summed E-state index contributed by atoms with van der Waals surface area (Å²) in [7, 11) is 0. The van der Waals surface area contributed by atoms with Gasteiger partial charge in [-0.05, 0) is 35.8 Å². The summed E-state index contributed by atoms with van der Waals surface area (Å²) >= 11 is 0. The van der Waals surface area contributed by atoms with Crippen LogP contribution in [0.2, 0.25) is 0 Å². The molecule has 2 aromatic rings. The quantitative estimate of drug-likeness (QED) is 0.825. The minimum atomic E-state index is -0.169. The number of carbonyl (C=O) groups is 2. The molecule has 1 aromatic carbocycles. The highest BCUT2D eigenvalue weighted by atomic mass is 16.2. The number of pyridine rings is 1. The van der Waals surface area contributed by atoms with Gasteiger partial charge in [-0.15, -0.1) is 0 Å². The molecule has 0 atom stereocenters. The summed E-state index contributed by atoms with van der Waals surface area (Å²) in [4.78, 5) is 29.8. The summed E-state index contributed by atoms with van der Waals surface area (Å²) in [5.74, 6) is 0.0369. The van der Waals surface area contributed by atoms with Gasteiger partial charge in [-0.2, -0.15) is 0 Å². The average molecular weight is 335 g/mol. The molecule has 5 nitrogen and oxygen atoms in total. The van der Waals surface area contributed by atoms with Gasteiger partial charge in [0.05, 0.1) is 5.69 Å². The Bertz CT molecular complexity index is 772. The van der Waals surface area contributed by atoms with Crippen LogP contribution >= 0.6 is 0 Å². The van der Waals surface area contributed by atoms with Gasteiger partial charge in [-0.25, -0.2) is 0 Å². The predicted molar refractivity (Wildman–Crippen MR) is 96.2 cm³/mol. The van der Waals surface area contributed by atoms with Gasteiger partial charge in [-0.1, -0.05) is 30.3 Å². The maximum atomic E-state index is 12.0. The topological polar surface area (TPSA) is 62.3 Å². The highest BCUT2D eigenvalue weighted by molar-refractivity contribution is 5.91. The Balaban J connectivity index is 1.58. The van der Waals surface area contributed by atoms with Gasteiger partial charge in [0.1, 0.15) is 0 Å². The number of nitrogens with zero attached hydrogens (tertiary/aromatic N) is 2. The lowest BCUT2D eigenvalue weighted by Gasteiger charge is -2.18. The first-order chi connectivity index (χ1) is 12.2. The number of amides is 2. The van der Waals surface area contributed by atoms with Crippen LogP contribution in [0.1, 0.15) is 29.7 Å². The first kappa shape index (κ1) is 16.9. The molecule has 1 N–H and O–H groups in total. The lowest BCUT2D eigenvalue weighted by molar-refractivity contribution is -0.128. The van der Waals surface area contributed by atoms with Gasteiger partial charge in [-0.3, -0.25) is 14.6 Å². The van der Waals surface area contributed by atoms with Crippen molar-refractivity contribution in [3.8, 4) is 0 Å². The highest BCUT2D eigenvalue weighted by Gasteiger charge is 2.20. The van der Waals surface area contributed by atoms with Crippen LogP contribution in [0.3, 0.4) is 0 Å². The van der Waals surface area contributed by atoms with E-state index < -0.39 is 0 Å². The van der Waals surface area contributed by atoms with Gasteiger partial charge in [0, 0.05) is 38.3 Å². The molecule has 1 aliphatic heterocycles. The smallest absolute Gasteiger partial charge is 0.244 e. The number of hydrogen-bond acceptors (Lipinski definition) is 3. The lowest BCUT2D eigenvalue weighted by atomic mass is 10.1. The number of aromatic nitrogens is 1. The molecule has 0 bridgehead atoms. The summed E-state index contributed by atoms with van der Waals surface area (Å²) in [6.07, 6.45) is 6.42. The fourth-order valence-electron chi connectivity index (χ4n) is 2.84.